The van der Waals surface area contributed by atoms with Gasteiger partial charge in [0, 0.05) is 13.0 Å². The van der Waals surface area contributed by atoms with Crippen LogP contribution in [0.1, 0.15) is 67.3 Å². The van der Waals surface area contributed by atoms with Crippen LogP contribution < -0.4 is 5.32 Å². The molecule has 0 spiro atoms. The highest BCUT2D eigenvalue weighted by Gasteiger charge is 2.23. The molecule has 0 aromatic carbocycles. The second-order valence-electron chi connectivity index (χ2n) is 5.93. The second kappa shape index (κ2) is 7.59. The fraction of sp³-hybridized carbons (Fsp3) is 0.750. The molecular weight excluding hydrogens is 268 g/mol. The Morgan fingerprint density at radius 3 is 2.90 bits per heavy atom. The van der Waals surface area contributed by atoms with Crippen LogP contribution in [0.5, 0.6) is 0 Å². The molecular formula is C16H26N2O3. The number of aryl methyl sites for hydroxylation is 2. The zero-order valence-corrected chi connectivity index (χ0v) is 13.0. The van der Waals surface area contributed by atoms with Crippen molar-refractivity contribution in [1.82, 2.24) is 10.5 Å². The Kier molecular flexibility index (Phi) is 5.79. The van der Waals surface area contributed by atoms with Gasteiger partial charge in [0.1, 0.15) is 11.3 Å². The van der Waals surface area contributed by atoms with Gasteiger partial charge in [-0.3, -0.25) is 4.79 Å². The standard InChI is InChI=1S/C16H26N2O3/c1-3-14-15(11(2)18-21-14)16(20)17-10-6-8-12-7-4-5-9-13(12)19/h12-13,19H,3-10H2,1-2H3,(H,17,20)/t12-,13-/m1/s1. The molecule has 1 aromatic rings. The van der Waals surface area contributed by atoms with Gasteiger partial charge >= 0.3 is 0 Å². The van der Waals surface area contributed by atoms with E-state index < -0.39 is 0 Å². The van der Waals surface area contributed by atoms with Crippen LogP contribution in [0.4, 0.5) is 0 Å². The first kappa shape index (κ1) is 16.0. The van der Waals surface area contributed by atoms with Gasteiger partial charge in [-0.2, -0.15) is 0 Å². The van der Waals surface area contributed by atoms with E-state index in [9.17, 15) is 9.90 Å². The van der Waals surface area contributed by atoms with Gasteiger partial charge < -0.3 is 14.9 Å². The molecule has 0 aliphatic heterocycles. The van der Waals surface area contributed by atoms with Crippen molar-refractivity contribution in [2.45, 2.75) is 64.9 Å². The molecule has 0 saturated heterocycles. The number of aliphatic hydroxyl groups is 1. The zero-order chi connectivity index (χ0) is 15.2. The number of nitrogens with zero attached hydrogens (tertiary/aromatic N) is 1. The van der Waals surface area contributed by atoms with E-state index in [0.29, 0.717) is 35.9 Å². The Morgan fingerprint density at radius 2 is 2.19 bits per heavy atom. The van der Waals surface area contributed by atoms with E-state index in [-0.39, 0.29) is 12.0 Å². The third kappa shape index (κ3) is 4.06. The van der Waals surface area contributed by atoms with E-state index in [0.717, 1.165) is 32.1 Å². The van der Waals surface area contributed by atoms with Crippen molar-refractivity contribution in [1.29, 1.82) is 0 Å². The SMILES string of the molecule is CCc1onc(C)c1C(=O)NCCC[C@H]1CCCC[C@H]1O. The molecule has 1 aliphatic rings. The van der Waals surface area contributed by atoms with Crippen molar-refractivity contribution in [3.05, 3.63) is 17.0 Å². The van der Waals surface area contributed by atoms with Crippen LogP contribution in [0.15, 0.2) is 4.52 Å². The number of carbonyl (C=O) groups is 1. The Bertz CT molecular complexity index is 470. The van der Waals surface area contributed by atoms with Crippen LogP contribution in [0.25, 0.3) is 0 Å². The average molecular weight is 294 g/mol. The lowest BCUT2D eigenvalue weighted by Gasteiger charge is -2.27. The molecule has 5 heteroatoms. The monoisotopic (exact) mass is 294 g/mol. The van der Waals surface area contributed by atoms with Crippen molar-refractivity contribution >= 4 is 5.91 Å². The van der Waals surface area contributed by atoms with Crippen molar-refractivity contribution in [3.8, 4) is 0 Å². The fourth-order valence-electron chi connectivity index (χ4n) is 3.13. The second-order valence-corrected chi connectivity index (χ2v) is 5.93. The molecule has 1 saturated carbocycles. The van der Waals surface area contributed by atoms with Crippen molar-refractivity contribution in [2.24, 2.45) is 5.92 Å². The van der Waals surface area contributed by atoms with Crippen molar-refractivity contribution in [2.75, 3.05) is 6.54 Å². The van der Waals surface area contributed by atoms with Gasteiger partial charge in [0.2, 0.25) is 0 Å². The number of rotatable bonds is 6. The lowest BCUT2D eigenvalue weighted by atomic mass is 9.83. The molecule has 21 heavy (non-hydrogen) atoms. The van der Waals surface area contributed by atoms with E-state index >= 15 is 0 Å². The summed E-state index contributed by atoms with van der Waals surface area (Å²) in [6.07, 6.45) is 6.79. The summed E-state index contributed by atoms with van der Waals surface area (Å²) < 4.78 is 5.14. The Hall–Kier alpha value is -1.36. The van der Waals surface area contributed by atoms with E-state index in [1.165, 1.54) is 6.42 Å². The molecule has 5 nitrogen and oxygen atoms in total. The van der Waals surface area contributed by atoms with Crippen LogP contribution in [0.2, 0.25) is 0 Å². The number of aromatic nitrogens is 1. The maximum absolute atomic E-state index is 12.2. The molecule has 1 heterocycles. The van der Waals surface area contributed by atoms with E-state index in [4.69, 9.17) is 4.52 Å². The summed E-state index contributed by atoms with van der Waals surface area (Å²) >= 11 is 0. The van der Waals surface area contributed by atoms with Crippen LogP contribution in [-0.2, 0) is 6.42 Å². The lowest BCUT2D eigenvalue weighted by molar-refractivity contribution is 0.0641. The Labute approximate surface area is 126 Å². The molecule has 1 amide bonds. The number of carbonyl (C=O) groups excluding carboxylic acids is 1. The first-order valence-electron chi connectivity index (χ1n) is 8.04. The number of hydrogen-bond acceptors (Lipinski definition) is 4. The summed E-state index contributed by atoms with van der Waals surface area (Å²) in [5.74, 6) is 0.946. The summed E-state index contributed by atoms with van der Waals surface area (Å²) in [5, 5.41) is 16.7. The predicted octanol–water partition coefficient (Wildman–Crippen LogP) is 2.61. The van der Waals surface area contributed by atoms with Gasteiger partial charge in [0.05, 0.1) is 11.8 Å². The van der Waals surface area contributed by atoms with Crippen LogP contribution in [0.3, 0.4) is 0 Å². The fourth-order valence-corrected chi connectivity index (χ4v) is 3.13. The smallest absolute Gasteiger partial charge is 0.256 e. The number of nitrogens with one attached hydrogen (secondary N) is 1. The highest BCUT2D eigenvalue weighted by Crippen LogP contribution is 2.27. The topological polar surface area (TPSA) is 75.4 Å². The lowest BCUT2D eigenvalue weighted by Crippen LogP contribution is -2.28. The molecule has 1 aliphatic carbocycles. The van der Waals surface area contributed by atoms with E-state index in [2.05, 4.69) is 10.5 Å². The van der Waals surface area contributed by atoms with Crippen LogP contribution in [-0.4, -0.2) is 28.8 Å². The molecule has 1 aromatic heterocycles. The van der Waals surface area contributed by atoms with Gasteiger partial charge in [0.25, 0.3) is 5.91 Å². The summed E-state index contributed by atoms with van der Waals surface area (Å²) in [6, 6.07) is 0. The van der Waals surface area contributed by atoms with Crippen molar-refractivity contribution < 1.29 is 14.4 Å². The highest BCUT2D eigenvalue weighted by molar-refractivity contribution is 5.96. The largest absolute Gasteiger partial charge is 0.393 e. The molecule has 2 N–H and O–H groups in total. The third-order valence-corrected chi connectivity index (χ3v) is 4.39. The molecule has 1 fully saturated rings. The minimum atomic E-state index is -0.151. The van der Waals surface area contributed by atoms with Crippen LogP contribution in [0, 0.1) is 12.8 Å². The summed E-state index contributed by atoms with van der Waals surface area (Å²) in [5.41, 5.74) is 1.22. The van der Waals surface area contributed by atoms with Gasteiger partial charge in [-0.25, -0.2) is 0 Å². The quantitative estimate of drug-likeness (QED) is 0.791. The average Bonchev–Trinajstić information content (AvgIpc) is 2.86. The molecule has 2 rings (SSSR count). The number of hydrogen-bond donors (Lipinski definition) is 2. The minimum absolute atomic E-state index is 0.102. The van der Waals surface area contributed by atoms with Gasteiger partial charge in [-0.15, -0.1) is 0 Å². The Balaban J connectivity index is 1.75. The first-order chi connectivity index (χ1) is 10.1. The van der Waals surface area contributed by atoms with Gasteiger partial charge in [-0.1, -0.05) is 24.9 Å². The van der Waals surface area contributed by atoms with E-state index in [1.807, 2.05) is 6.92 Å². The molecule has 0 radical (unpaired) electrons. The Morgan fingerprint density at radius 1 is 1.43 bits per heavy atom. The first-order valence-corrected chi connectivity index (χ1v) is 8.04. The van der Waals surface area contributed by atoms with Crippen molar-refractivity contribution in [3.63, 3.8) is 0 Å². The predicted molar refractivity (Wildman–Crippen MR) is 80.2 cm³/mol. The zero-order valence-electron chi connectivity index (χ0n) is 13.0. The van der Waals surface area contributed by atoms with Gasteiger partial charge in [0.15, 0.2) is 0 Å². The van der Waals surface area contributed by atoms with Gasteiger partial charge in [-0.05, 0) is 38.5 Å². The van der Waals surface area contributed by atoms with Crippen LogP contribution >= 0.6 is 0 Å². The molecule has 2 atom stereocenters. The summed E-state index contributed by atoms with van der Waals surface area (Å²) in [7, 11) is 0. The third-order valence-electron chi connectivity index (χ3n) is 4.39. The normalized spacial score (nSPS) is 22.2. The molecule has 0 bridgehead atoms. The highest BCUT2D eigenvalue weighted by atomic mass is 16.5. The number of aliphatic hydroxyl groups excluding tert-OH is 1. The minimum Gasteiger partial charge on any atom is -0.393 e. The molecule has 0 unspecified atom stereocenters. The summed E-state index contributed by atoms with van der Waals surface area (Å²) in [4.78, 5) is 12.2. The molecule has 118 valence electrons. The number of amides is 1. The summed E-state index contributed by atoms with van der Waals surface area (Å²) in [6.45, 7) is 4.37. The maximum atomic E-state index is 12.2. The van der Waals surface area contributed by atoms with E-state index in [1.54, 1.807) is 6.92 Å². The maximum Gasteiger partial charge on any atom is 0.256 e.